The standard InChI is InChI=1S/C18H15F3N2OS/c1-11-7-16-15(8-13(9-22-16)18(19,20)21)17(23-11)25-10-12-3-5-14(24-2)6-4-12/h3-9H,10H2,1-2H3. The fourth-order valence-electron chi connectivity index (χ4n) is 2.35. The number of hydrogen-bond donors (Lipinski definition) is 0. The Morgan fingerprint density at radius 3 is 2.48 bits per heavy atom. The molecule has 25 heavy (non-hydrogen) atoms. The number of hydrogen-bond acceptors (Lipinski definition) is 4. The molecule has 0 unspecified atom stereocenters. The summed E-state index contributed by atoms with van der Waals surface area (Å²) in [5.74, 6) is 1.35. The minimum atomic E-state index is -4.43. The molecule has 3 nitrogen and oxygen atoms in total. The van der Waals surface area contributed by atoms with Gasteiger partial charge in [-0.05, 0) is 36.8 Å². The van der Waals surface area contributed by atoms with Gasteiger partial charge in [-0.1, -0.05) is 12.1 Å². The normalized spacial score (nSPS) is 11.7. The Hall–Kier alpha value is -2.28. The third-order valence-corrected chi connectivity index (χ3v) is 4.70. The predicted molar refractivity (Wildman–Crippen MR) is 91.8 cm³/mol. The quantitative estimate of drug-likeness (QED) is 0.592. The molecule has 130 valence electrons. The van der Waals surface area contributed by atoms with Crippen molar-refractivity contribution >= 4 is 22.7 Å². The Bertz CT molecular complexity index is 895. The van der Waals surface area contributed by atoms with Crippen molar-refractivity contribution in [1.82, 2.24) is 9.97 Å². The van der Waals surface area contributed by atoms with Crippen LogP contribution in [-0.2, 0) is 11.9 Å². The van der Waals surface area contributed by atoms with Gasteiger partial charge in [0.15, 0.2) is 0 Å². The number of methoxy groups -OCH3 is 1. The molecule has 0 N–H and O–H groups in total. The van der Waals surface area contributed by atoms with E-state index in [1.165, 1.54) is 11.8 Å². The van der Waals surface area contributed by atoms with Gasteiger partial charge in [-0.3, -0.25) is 4.98 Å². The van der Waals surface area contributed by atoms with Crippen molar-refractivity contribution in [3.63, 3.8) is 0 Å². The highest BCUT2D eigenvalue weighted by Gasteiger charge is 2.31. The average molecular weight is 364 g/mol. The fourth-order valence-corrected chi connectivity index (χ4v) is 3.37. The zero-order valence-electron chi connectivity index (χ0n) is 13.6. The van der Waals surface area contributed by atoms with Gasteiger partial charge in [0, 0.05) is 23.0 Å². The summed E-state index contributed by atoms with van der Waals surface area (Å²) in [7, 11) is 1.60. The molecule has 0 bridgehead atoms. The number of ether oxygens (including phenoxy) is 1. The first-order valence-corrected chi connectivity index (χ1v) is 8.46. The molecule has 7 heteroatoms. The van der Waals surface area contributed by atoms with Crippen LogP contribution in [0.1, 0.15) is 16.8 Å². The van der Waals surface area contributed by atoms with Crippen molar-refractivity contribution < 1.29 is 17.9 Å². The van der Waals surface area contributed by atoms with Crippen LogP contribution in [0.3, 0.4) is 0 Å². The predicted octanol–water partition coefficient (Wildman–Crippen LogP) is 5.26. The first kappa shape index (κ1) is 17.5. The number of aromatic nitrogens is 2. The summed E-state index contributed by atoms with van der Waals surface area (Å²) >= 11 is 1.39. The first-order chi connectivity index (χ1) is 11.9. The highest BCUT2D eigenvalue weighted by molar-refractivity contribution is 7.98. The van der Waals surface area contributed by atoms with Gasteiger partial charge in [0.1, 0.15) is 10.8 Å². The summed E-state index contributed by atoms with van der Waals surface area (Å²) in [5.41, 5.74) is 1.49. The molecule has 3 rings (SSSR count). The second-order valence-corrected chi connectivity index (χ2v) is 6.46. The molecular formula is C18H15F3N2OS. The average Bonchev–Trinajstić information content (AvgIpc) is 2.58. The fraction of sp³-hybridized carbons (Fsp3) is 0.222. The Morgan fingerprint density at radius 2 is 1.84 bits per heavy atom. The molecule has 0 atom stereocenters. The van der Waals surface area contributed by atoms with Crippen LogP contribution in [0.4, 0.5) is 13.2 Å². The molecule has 2 heterocycles. The van der Waals surface area contributed by atoms with Crippen LogP contribution >= 0.6 is 11.8 Å². The van der Waals surface area contributed by atoms with Crippen LogP contribution in [0, 0.1) is 6.92 Å². The Balaban J connectivity index is 1.93. The summed E-state index contributed by atoms with van der Waals surface area (Å²) < 4.78 is 44.0. The van der Waals surface area contributed by atoms with Gasteiger partial charge in [0.25, 0.3) is 0 Å². The molecule has 0 amide bonds. The molecule has 1 aromatic carbocycles. The van der Waals surface area contributed by atoms with Gasteiger partial charge in [0.2, 0.25) is 0 Å². The molecule has 3 aromatic rings. The summed E-state index contributed by atoms with van der Waals surface area (Å²) in [6.07, 6.45) is -3.57. The minimum Gasteiger partial charge on any atom is -0.497 e. The summed E-state index contributed by atoms with van der Waals surface area (Å²) in [5, 5.41) is 0.961. The lowest BCUT2D eigenvalue weighted by Crippen LogP contribution is -2.05. The molecule has 0 fully saturated rings. The van der Waals surface area contributed by atoms with Crippen LogP contribution in [0.15, 0.2) is 47.6 Å². The van der Waals surface area contributed by atoms with E-state index in [0.29, 0.717) is 21.7 Å². The summed E-state index contributed by atoms with van der Waals surface area (Å²) in [4.78, 5) is 8.36. The maximum absolute atomic E-state index is 13.0. The number of rotatable bonds is 4. The molecule has 0 aliphatic carbocycles. The van der Waals surface area contributed by atoms with Crippen molar-refractivity contribution in [2.24, 2.45) is 0 Å². The van der Waals surface area contributed by atoms with Gasteiger partial charge in [-0.2, -0.15) is 13.2 Å². The lowest BCUT2D eigenvalue weighted by atomic mass is 10.2. The maximum atomic E-state index is 13.0. The Kier molecular flexibility index (Phi) is 4.85. The van der Waals surface area contributed by atoms with Gasteiger partial charge in [0.05, 0.1) is 18.2 Å². The zero-order chi connectivity index (χ0) is 18.0. The third kappa shape index (κ3) is 4.04. The van der Waals surface area contributed by atoms with Crippen molar-refractivity contribution in [1.29, 1.82) is 0 Å². The number of halogens is 3. The molecule has 0 spiro atoms. The Labute approximate surface area is 147 Å². The molecule has 0 radical (unpaired) electrons. The van der Waals surface area contributed by atoms with Gasteiger partial charge in [-0.25, -0.2) is 4.98 Å². The number of nitrogens with zero attached hydrogens (tertiary/aromatic N) is 2. The number of fused-ring (bicyclic) bond motifs is 1. The topological polar surface area (TPSA) is 35.0 Å². The van der Waals surface area contributed by atoms with E-state index in [-0.39, 0.29) is 0 Å². The SMILES string of the molecule is COc1ccc(CSc2nc(C)cc3ncc(C(F)(F)F)cc23)cc1. The second-order valence-electron chi connectivity index (χ2n) is 5.49. The summed E-state index contributed by atoms with van der Waals surface area (Å²) in [6, 6.07) is 10.3. The molecule has 2 aromatic heterocycles. The first-order valence-electron chi connectivity index (χ1n) is 7.47. The van der Waals surface area contributed by atoms with Crippen molar-refractivity contribution in [3.05, 3.63) is 59.4 Å². The number of aryl methyl sites for hydroxylation is 1. The van der Waals surface area contributed by atoms with E-state index < -0.39 is 11.7 Å². The smallest absolute Gasteiger partial charge is 0.417 e. The number of benzene rings is 1. The maximum Gasteiger partial charge on any atom is 0.417 e. The van der Waals surface area contributed by atoms with Crippen LogP contribution < -0.4 is 4.74 Å². The zero-order valence-corrected chi connectivity index (χ0v) is 14.4. The monoisotopic (exact) mass is 364 g/mol. The second kappa shape index (κ2) is 6.92. The lowest BCUT2D eigenvalue weighted by molar-refractivity contribution is -0.137. The van der Waals surface area contributed by atoms with E-state index in [2.05, 4.69) is 9.97 Å². The van der Waals surface area contributed by atoms with Gasteiger partial charge >= 0.3 is 6.18 Å². The Morgan fingerprint density at radius 1 is 1.12 bits per heavy atom. The van der Waals surface area contributed by atoms with Crippen molar-refractivity contribution in [2.75, 3.05) is 7.11 Å². The largest absolute Gasteiger partial charge is 0.497 e. The van der Waals surface area contributed by atoms with E-state index >= 15 is 0 Å². The molecule has 0 aliphatic heterocycles. The van der Waals surface area contributed by atoms with Crippen LogP contribution in [0.5, 0.6) is 5.75 Å². The molecular weight excluding hydrogens is 349 g/mol. The van der Waals surface area contributed by atoms with Crippen molar-refractivity contribution in [2.45, 2.75) is 23.9 Å². The molecule has 0 saturated heterocycles. The van der Waals surface area contributed by atoms with Crippen LogP contribution in [0.25, 0.3) is 10.9 Å². The van der Waals surface area contributed by atoms with E-state index in [9.17, 15) is 13.2 Å². The van der Waals surface area contributed by atoms with Gasteiger partial charge in [-0.15, -0.1) is 11.8 Å². The molecule has 0 aliphatic rings. The van der Waals surface area contributed by atoms with E-state index in [1.54, 1.807) is 20.1 Å². The highest BCUT2D eigenvalue weighted by Crippen LogP contribution is 2.34. The number of pyridine rings is 2. The van der Waals surface area contributed by atoms with E-state index in [0.717, 1.165) is 29.3 Å². The number of thioether (sulfide) groups is 1. The van der Waals surface area contributed by atoms with E-state index in [4.69, 9.17) is 4.74 Å². The van der Waals surface area contributed by atoms with E-state index in [1.807, 2.05) is 24.3 Å². The van der Waals surface area contributed by atoms with Gasteiger partial charge < -0.3 is 4.74 Å². The minimum absolute atomic E-state index is 0.416. The van der Waals surface area contributed by atoms with Crippen LogP contribution in [0.2, 0.25) is 0 Å². The third-order valence-electron chi connectivity index (χ3n) is 3.63. The molecule has 0 saturated carbocycles. The summed E-state index contributed by atoms with van der Waals surface area (Å²) in [6.45, 7) is 1.80. The number of alkyl halides is 3. The highest BCUT2D eigenvalue weighted by atomic mass is 32.2. The van der Waals surface area contributed by atoms with Crippen molar-refractivity contribution in [3.8, 4) is 5.75 Å². The lowest BCUT2D eigenvalue weighted by Gasteiger charge is -2.11. The van der Waals surface area contributed by atoms with Crippen LogP contribution in [-0.4, -0.2) is 17.1 Å².